The van der Waals surface area contributed by atoms with Gasteiger partial charge in [-0.2, -0.15) is 0 Å². The van der Waals surface area contributed by atoms with Crippen molar-refractivity contribution in [2.45, 2.75) is 236 Å². The van der Waals surface area contributed by atoms with E-state index in [1.807, 2.05) is 19.1 Å². The van der Waals surface area contributed by atoms with Crippen molar-refractivity contribution in [2.75, 3.05) is 13.2 Å². The van der Waals surface area contributed by atoms with Crippen molar-refractivity contribution in [3.8, 4) is 0 Å². The van der Waals surface area contributed by atoms with E-state index in [-0.39, 0.29) is 12.5 Å². The molecule has 0 radical (unpaired) electrons. The normalized spacial score (nSPS) is 20.9. The molecule has 0 aromatic carbocycles. The second kappa shape index (κ2) is 43.3. The third-order valence-electron chi connectivity index (χ3n) is 11.5. The van der Waals surface area contributed by atoms with E-state index in [1.54, 1.807) is 6.08 Å². The Hall–Kier alpha value is -2.63. The molecule has 63 heavy (non-hydrogen) atoms. The lowest BCUT2D eigenvalue weighted by Crippen LogP contribution is -2.60. The molecule has 0 bridgehead atoms. The van der Waals surface area contributed by atoms with Gasteiger partial charge in [0, 0.05) is 6.42 Å². The molecule has 1 fully saturated rings. The summed E-state index contributed by atoms with van der Waals surface area (Å²) in [5, 5.41) is 54.0. The molecule has 7 unspecified atom stereocenters. The highest BCUT2D eigenvalue weighted by molar-refractivity contribution is 5.76. The number of carbonyl (C=O) groups is 1. The Morgan fingerprint density at radius 3 is 1.52 bits per heavy atom. The number of amides is 1. The minimum Gasteiger partial charge on any atom is -0.394 e. The summed E-state index contributed by atoms with van der Waals surface area (Å²) >= 11 is 0. The first kappa shape index (κ1) is 58.4. The smallest absolute Gasteiger partial charge is 0.220 e. The van der Waals surface area contributed by atoms with Crippen LogP contribution in [0.25, 0.3) is 0 Å². The summed E-state index contributed by atoms with van der Waals surface area (Å²) in [7, 11) is 0. The zero-order valence-electron chi connectivity index (χ0n) is 39.8. The maximum Gasteiger partial charge on any atom is 0.220 e. The number of unbranched alkanes of at least 4 members (excludes halogenated alkanes) is 20. The van der Waals surface area contributed by atoms with Gasteiger partial charge in [0.25, 0.3) is 0 Å². The Morgan fingerprint density at radius 2 is 1.02 bits per heavy atom. The fourth-order valence-corrected chi connectivity index (χ4v) is 7.54. The monoisotopic (exact) mass is 884 g/mol. The number of hydrogen-bond acceptors (Lipinski definition) is 8. The average Bonchev–Trinajstić information content (AvgIpc) is 3.28. The molecule has 9 heteroatoms. The third kappa shape index (κ3) is 33.5. The van der Waals surface area contributed by atoms with Crippen molar-refractivity contribution in [3.63, 3.8) is 0 Å². The van der Waals surface area contributed by atoms with Crippen LogP contribution < -0.4 is 5.32 Å². The van der Waals surface area contributed by atoms with Crippen molar-refractivity contribution in [2.24, 2.45) is 0 Å². The molecular formula is C54H93NO8. The topological polar surface area (TPSA) is 149 Å². The number of hydrogen-bond donors (Lipinski definition) is 6. The molecule has 9 nitrogen and oxygen atoms in total. The Morgan fingerprint density at radius 1 is 0.571 bits per heavy atom. The number of carbonyl (C=O) groups excluding carboxylic acids is 1. The standard InChI is InChI=1S/C54H93NO8/c1-3-5-7-9-11-13-14-15-16-17-18-19-20-21-22-23-24-25-26-27-28-29-30-31-32-33-34-36-38-40-42-44-50(58)55-47(48(57)43-41-39-37-35-12-10-8-6-4-2)46-62-54-53(61)52(60)51(59)49(45-56)63-54/h4-7,11-13,15-16,18-19,35,41,43,47-49,51-54,56-57,59-61H,3,8-10,14,17,20-34,36-40,42,44-46H2,1-2H3,(H,55,58)/b6-4+,7-5-,13-11-,16-15-,19-18-,35-12+,43-41+. The number of allylic oxidation sites excluding steroid dienone is 13. The van der Waals surface area contributed by atoms with Gasteiger partial charge in [0.2, 0.25) is 5.91 Å². The molecule has 362 valence electrons. The predicted octanol–water partition coefficient (Wildman–Crippen LogP) is 11.5. The van der Waals surface area contributed by atoms with E-state index in [0.29, 0.717) is 6.42 Å². The fourth-order valence-electron chi connectivity index (χ4n) is 7.54. The van der Waals surface area contributed by atoms with E-state index in [9.17, 15) is 30.3 Å². The van der Waals surface area contributed by atoms with Crippen LogP contribution in [0.5, 0.6) is 0 Å². The number of nitrogens with one attached hydrogen (secondary N) is 1. The van der Waals surface area contributed by atoms with Crippen LogP contribution in [0, 0.1) is 0 Å². The fraction of sp³-hybridized carbons (Fsp3) is 0.722. The molecule has 1 aliphatic heterocycles. The summed E-state index contributed by atoms with van der Waals surface area (Å²) in [6, 6.07) is -0.828. The molecule has 1 saturated heterocycles. The van der Waals surface area contributed by atoms with Crippen LogP contribution in [0.3, 0.4) is 0 Å². The minimum absolute atomic E-state index is 0.196. The molecule has 0 spiro atoms. The zero-order valence-corrected chi connectivity index (χ0v) is 39.8. The second-order valence-electron chi connectivity index (χ2n) is 17.2. The minimum atomic E-state index is -1.58. The van der Waals surface area contributed by atoms with Crippen LogP contribution >= 0.6 is 0 Å². The van der Waals surface area contributed by atoms with Crippen molar-refractivity contribution >= 4 is 5.91 Å². The summed E-state index contributed by atoms with van der Waals surface area (Å²) in [5.41, 5.74) is 0. The van der Waals surface area contributed by atoms with E-state index in [2.05, 4.69) is 79.1 Å². The van der Waals surface area contributed by atoms with Gasteiger partial charge < -0.3 is 40.3 Å². The first-order valence-electron chi connectivity index (χ1n) is 25.3. The Balaban J connectivity index is 2.12. The highest BCUT2D eigenvalue weighted by atomic mass is 16.7. The van der Waals surface area contributed by atoms with Gasteiger partial charge in [-0.1, -0.05) is 195 Å². The van der Waals surface area contributed by atoms with E-state index < -0.39 is 49.5 Å². The number of ether oxygens (including phenoxy) is 2. The van der Waals surface area contributed by atoms with Crippen molar-refractivity contribution in [1.82, 2.24) is 5.32 Å². The lowest BCUT2D eigenvalue weighted by Gasteiger charge is -2.40. The van der Waals surface area contributed by atoms with Crippen LogP contribution in [0.15, 0.2) is 85.1 Å². The number of rotatable bonds is 41. The summed E-state index contributed by atoms with van der Waals surface area (Å²) < 4.78 is 11.2. The van der Waals surface area contributed by atoms with Gasteiger partial charge in [0.1, 0.15) is 24.4 Å². The molecule has 0 aromatic rings. The largest absolute Gasteiger partial charge is 0.394 e. The zero-order chi connectivity index (χ0) is 45.9. The molecule has 0 aliphatic carbocycles. The van der Waals surface area contributed by atoms with Crippen molar-refractivity contribution < 1.29 is 39.8 Å². The summed E-state index contributed by atoms with van der Waals surface area (Å²) in [6.07, 6.45) is 54.0. The lowest BCUT2D eigenvalue weighted by atomic mass is 9.99. The SMILES string of the molecule is C/C=C/CC/C=C/CC/C=C/C(O)C(COC1OC(CO)C(O)C(O)C1O)NC(=O)CCCCCCCCCCCCCCCCCCCC/C=C\C/C=C\C/C=C\C/C=C\CC. The molecule has 1 aliphatic rings. The van der Waals surface area contributed by atoms with E-state index in [1.165, 1.54) is 103 Å². The van der Waals surface area contributed by atoms with Crippen LogP contribution in [-0.2, 0) is 14.3 Å². The lowest BCUT2D eigenvalue weighted by molar-refractivity contribution is -0.302. The van der Waals surface area contributed by atoms with Gasteiger partial charge in [-0.3, -0.25) is 4.79 Å². The first-order valence-corrected chi connectivity index (χ1v) is 25.3. The highest BCUT2D eigenvalue weighted by Gasteiger charge is 2.44. The molecule has 1 heterocycles. The maximum atomic E-state index is 12.9. The van der Waals surface area contributed by atoms with Gasteiger partial charge in [0.15, 0.2) is 6.29 Å². The molecule has 1 rings (SSSR count). The quantitative estimate of drug-likeness (QED) is 0.0263. The number of aliphatic hydroxyl groups excluding tert-OH is 5. The molecule has 7 atom stereocenters. The molecule has 1 amide bonds. The summed E-state index contributed by atoms with van der Waals surface area (Å²) in [4.78, 5) is 12.9. The van der Waals surface area contributed by atoms with Gasteiger partial charge in [0.05, 0.1) is 25.4 Å². The third-order valence-corrected chi connectivity index (χ3v) is 11.5. The van der Waals surface area contributed by atoms with E-state index in [4.69, 9.17) is 9.47 Å². The predicted molar refractivity (Wildman–Crippen MR) is 262 cm³/mol. The van der Waals surface area contributed by atoms with E-state index >= 15 is 0 Å². The van der Waals surface area contributed by atoms with Crippen LogP contribution in [-0.4, -0.2) is 87.5 Å². The molecular weight excluding hydrogens is 791 g/mol. The van der Waals surface area contributed by atoms with Crippen molar-refractivity contribution in [3.05, 3.63) is 85.1 Å². The summed E-state index contributed by atoms with van der Waals surface area (Å²) in [5.74, 6) is -0.196. The van der Waals surface area contributed by atoms with E-state index in [0.717, 1.165) is 70.6 Å². The van der Waals surface area contributed by atoms with Gasteiger partial charge in [-0.05, 0) is 77.6 Å². The van der Waals surface area contributed by atoms with Crippen molar-refractivity contribution in [1.29, 1.82) is 0 Å². The van der Waals surface area contributed by atoms with Gasteiger partial charge in [-0.25, -0.2) is 0 Å². The Kier molecular flexibility index (Phi) is 40.1. The molecule has 0 aromatic heterocycles. The molecule has 0 saturated carbocycles. The Labute approximate surface area is 384 Å². The summed E-state index contributed by atoms with van der Waals surface area (Å²) in [6.45, 7) is 3.39. The van der Waals surface area contributed by atoms with Gasteiger partial charge in [-0.15, -0.1) is 0 Å². The van der Waals surface area contributed by atoms with Crippen LogP contribution in [0.1, 0.15) is 194 Å². The first-order chi connectivity index (χ1) is 30.8. The Bertz CT molecular complexity index is 1260. The highest BCUT2D eigenvalue weighted by Crippen LogP contribution is 2.23. The van der Waals surface area contributed by atoms with Crippen LogP contribution in [0.2, 0.25) is 0 Å². The average molecular weight is 884 g/mol. The van der Waals surface area contributed by atoms with Crippen LogP contribution in [0.4, 0.5) is 0 Å². The maximum absolute atomic E-state index is 12.9. The number of aliphatic hydroxyl groups is 5. The second-order valence-corrected chi connectivity index (χ2v) is 17.2. The van der Waals surface area contributed by atoms with Gasteiger partial charge >= 0.3 is 0 Å². The molecule has 6 N–H and O–H groups in total.